The van der Waals surface area contributed by atoms with Crippen LogP contribution in [0.25, 0.3) is 22.5 Å². The molecule has 0 fully saturated rings. The molecule has 0 atom stereocenters. The van der Waals surface area contributed by atoms with Crippen LogP contribution in [0.1, 0.15) is 12.8 Å². The number of methoxy groups -OCH3 is 1. The first kappa shape index (κ1) is 22.5. The van der Waals surface area contributed by atoms with E-state index in [1.165, 1.54) is 25.7 Å². The van der Waals surface area contributed by atoms with Gasteiger partial charge in [0.05, 0.1) is 24.8 Å². The Labute approximate surface area is 169 Å². The number of pyridine rings is 1. The summed E-state index contributed by atoms with van der Waals surface area (Å²) in [6.07, 6.45) is 3.67. The highest BCUT2D eigenvalue weighted by Crippen LogP contribution is 2.32. The van der Waals surface area contributed by atoms with Gasteiger partial charge < -0.3 is 19.4 Å². The SMILES string of the molecule is COC(=O)CCCn1cnc(-c2cc(F)ccc2F)c1-c1ccc(=O)[nH]c1.O=CO. The lowest BCUT2D eigenvalue weighted by atomic mass is 10.1. The number of benzene rings is 1. The summed E-state index contributed by atoms with van der Waals surface area (Å²) in [5, 5.41) is 6.89. The summed E-state index contributed by atoms with van der Waals surface area (Å²) in [6.45, 7) is 0.160. The molecule has 0 unspecified atom stereocenters. The highest BCUT2D eigenvalue weighted by atomic mass is 19.1. The van der Waals surface area contributed by atoms with E-state index in [1.807, 2.05) is 0 Å². The quantitative estimate of drug-likeness (QED) is 0.469. The van der Waals surface area contributed by atoms with Crippen molar-refractivity contribution in [1.29, 1.82) is 0 Å². The molecule has 0 aliphatic heterocycles. The summed E-state index contributed by atoms with van der Waals surface area (Å²) in [7, 11) is 1.32. The van der Waals surface area contributed by atoms with Gasteiger partial charge in [0.2, 0.25) is 5.56 Å². The summed E-state index contributed by atoms with van der Waals surface area (Å²) < 4.78 is 34.3. The fraction of sp³-hybridized carbons (Fsp3) is 0.200. The van der Waals surface area contributed by atoms with Crippen LogP contribution in [0.4, 0.5) is 8.78 Å². The van der Waals surface area contributed by atoms with Gasteiger partial charge in [-0.25, -0.2) is 13.8 Å². The topological polar surface area (TPSA) is 114 Å². The maximum Gasteiger partial charge on any atom is 0.305 e. The molecule has 0 aliphatic carbocycles. The number of carbonyl (C=O) groups is 2. The van der Waals surface area contributed by atoms with Crippen molar-refractivity contribution < 1.29 is 28.2 Å². The zero-order valence-corrected chi connectivity index (χ0v) is 16.0. The largest absolute Gasteiger partial charge is 0.483 e. The second-order valence-corrected chi connectivity index (χ2v) is 5.99. The van der Waals surface area contributed by atoms with E-state index in [9.17, 15) is 18.4 Å². The number of esters is 1. The summed E-state index contributed by atoms with van der Waals surface area (Å²) >= 11 is 0. The standard InChI is InChI=1S/C19H17F2N3O3.CH2O2/c1-27-17(26)3-2-8-24-11-23-18(14-9-13(20)5-6-15(14)21)19(24)12-4-7-16(25)22-10-12;2-1-3/h4-7,9-11H,2-3,8H2,1H3,(H,22,25);1H,(H,2,3). The Balaban J connectivity index is 0.00000101. The van der Waals surface area contributed by atoms with Crippen molar-refractivity contribution in [2.75, 3.05) is 7.11 Å². The smallest absolute Gasteiger partial charge is 0.305 e. The molecule has 0 radical (unpaired) electrons. The lowest BCUT2D eigenvalue weighted by Crippen LogP contribution is -2.06. The van der Waals surface area contributed by atoms with Crippen LogP contribution in [-0.2, 0) is 20.9 Å². The second-order valence-electron chi connectivity index (χ2n) is 5.99. The van der Waals surface area contributed by atoms with E-state index < -0.39 is 11.6 Å². The molecule has 30 heavy (non-hydrogen) atoms. The predicted molar refractivity (Wildman–Crippen MR) is 104 cm³/mol. The Hall–Kier alpha value is -3.82. The normalized spacial score (nSPS) is 10.1. The molecular formula is C20H19F2N3O5. The van der Waals surface area contributed by atoms with Crippen molar-refractivity contribution in [3.8, 4) is 22.5 Å². The van der Waals surface area contributed by atoms with E-state index >= 15 is 0 Å². The third-order valence-corrected chi connectivity index (χ3v) is 4.09. The number of ether oxygens (including phenoxy) is 1. The van der Waals surface area contributed by atoms with E-state index in [-0.39, 0.29) is 35.7 Å². The third kappa shape index (κ3) is 5.60. The molecule has 1 aromatic carbocycles. The molecule has 3 rings (SSSR count). The second kappa shape index (κ2) is 10.6. The van der Waals surface area contributed by atoms with Gasteiger partial charge in [0.1, 0.15) is 11.6 Å². The van der Waals surface area contributed by atoms with Gasteiger partial charge in [-0.05, 0) is 30.7 Å². The fourth-order valence-electron chi connectivity index (χ4n) is 2.78. The van der Waals surface area contributed by atoms with Gasteiger partial charge in [0, 0.05) is 36.4 Å². The van der Waals surface area contributed by atoms with Crippen molar-refractivity contribution in [3.63, 3.8) is 0 Å². The van der Waals surface area contributed by atoms with Crippen molar-refractivity contribution in [1.82, 2.24) is 14.5 Å². The molecule has 0 saturated carbocycles. The minimum Gasteiger partial charge on any atom is -0.483 e. The highest BCUT2D eigenvalue weighted by Gasteiger charge is 2.19. The number of aryl methyl sites for hydroxylation is 1. The van der Waals surface area contributed by atoms with Crippen molar-refractivity contribution in [2.45, 2.75) is 19.4 Å². The number of nitrogens with one attached hydrogen (secondary N) is 1. The van der Waals surface area contributed by atoms with Crippen molar-refractivity contribution in [3.05, 3.63) is 64.8 Å². The maximum atomic E-state index is 14.3. The number of aromatic amines is 1. The van der Waals surface area contributed by atoms with Gasteiger partial charge in [-0.1, -0.05) is 0 Å². The molecule has 2 heterocycles. The van der Waals surface area contributed by atoms with Crippen LogP contribution in [-0.4, -0.2) is 39.2 Å². The minimum atomic E-state index is -0.609. The monoisotopic (exact) mass is 419 g/mol. The number of rotatable bonds is 6. The Bertz CT molecular complexity index is 1060. The molecule has 0 spiro atoms. The first-order valence-corrected chi connectivity index (χ1v) is 8.75. The summed E-state index contributed by atoms with van der Waals surface area (Å²) in [4.78, 5) is 37.9. The van der Waals surface area contributed by atoms with Gasteiger partial charge in [0.15, 0.2) is 0 Å². The Morgan fingerprint density at radius 1 is 1.30 bits per heavy atom. The number of carboxylic acid groups (broad SMARTS) is 1. The van der Waals surface area contributed by atoms with Crippen LogP contribution >= 0.6 is 0 Å². The van der Waals surface area contributed by atoms with Gasteiger partial charge in [-0.2, -0.15) is 0 Å². The summed E-state index contributed by atoms with van der Waals surface area (Å²) in [5.41, 5.74) is 1.08. The van der Waals surface area contributed by atoms with Crippen LogP contribution in [0.15, 0.2) is 47.7 Å². The number of halogens is 2. The zero-order valence-electron chi connectivity index (χ0n) is 16.0. The average Bonchev–Trinajstić information content (AvgIpc) is 3.14. The molecule has 3 aromatic rings. The first-order chi connectivity index (χ1) is 14.4. The molecule has 2 aromatic heterocycles. The molecule has 0 bridgehead atoms. The van der Waals surface area contributed by atoms with Crippen LogP contribution < -0.4 is 5.56 Å². The van der Waals surface area contributed by atoms with E-state index in [0.717, 1.165) is 18.2 Å². The number of aromatic nitrogens is 3. The first-order valence-electron chi connectivity index (χ1n) is 8.75. The maximum absolute atomic E-state index is 14.3. The Morgan fingerprint density at radius 2 is 2.03 bits per heavy atom. The number of nitrogens with zero attached hydrogens (tertiary/aromatic N) is 2. The Morgan fingerprint density at radius 3 is 2.67 bits per heavy atom. The highest BCUT2D eigenvalue weighted by molar-refractivity contribution is 5.78. The van der Waals surface area contributed by atoms with Crippen molar-refractivity contribution >= 4 is 12.4 Å². The van der Waals surface area contributed by atoms with Gasteiger partial charge >= 0.3 is 5.97 Å². The predicted octanol–water partition coefficient (Wildman–Crippen LogP) is 2.84. The minimum absolute atomic E-state index is 0.0166. The van der Waals surface area contributed by atoms with E-state index in [0.29, 0.717) is 24.2 Å². The van der Waals surface area contributed by atoms with Crippen LogP contribution in [0.5, 0.6) is 0 Å². The number of hydrogen-bond acceptors (Lipinski definition) is 5. The lowest BCUT2D eigenvalue weighted by molar-refractivity contribution is -0.140. The van der Waals surface area contributed by atoms with E-state index in [4.69, 9.17) is 9.90 Å². The number of carbonyl (C=O) groups excluding carboxylic acids is 1. The number of hydrogen-bond donors (Lipinski definition) is 2. The number of H-pyrrole nitrogens is 1. The summed E-state index contributed by atoms with van der Waals surface area (Å²) in [6, 6.07) is 6.06. The summed E-state index contributed by atoms with van der Waals surface area (Å²) in [5.74, 6) is -1.53. The van der Waals surface area contributed by atoms with E-state index in [2.05, 4.69) is 14.7 Å². The molecule has 0 aliphatic rings. The van der Waals surface area contributed by atoms with Crippen LogP contribution in [0.2, 0.25) is 0 Å². The molecule has 158 valence electrons. The molecule has 10 heteroatoms. The molecule has 0 saturated heterocycles. The van der Waals surface area contributed by atoms with Crippen LogP contribution in [0, 0.1) is 11.6 Å². The van der Waals surface area contributed by atoms with Crippen molar-refractivity contribution in [2.24, 2.45) is 0 Å². The molecular weight excluding hydrogens is 400 g/mol. The number of imidazole rings is 1. The Kier molecular flexibility index (Phi) is 7.98. The molecule has 2 N–H and O–H groups in total. The fourth-order valence-corrected chi connectivity index (χ4v) is 2.78. The van der Waals surface area contributed by atoms with E-state index in [1.54, 1.807) is 10.6 Å². The van der Waals surface area contributed by atoms with Gasteiger partial charge in [0.25, 0.3) is 6.47 Å². The molecule has 8 nitrogen and oxygen atoms in total. The zero-order chi connectivity index (χ0) is 22.1. The third-order valence-electron chi connectivity index (χ3n) is 4.09. The average molecular weight is 419 g/mol. The van der Waals surface area contributed by atoms with Crippen LogP contribution in [0.3, 0.4) is 0 Å². The van der Waals surface area contributed by atoms with Gasteiger partial charge in [-0.15, -0.1) is 0 Å². The molecule has 0 amide bonds. The lowest BCUT2D eigenvalue weighted by Gasteiger charge is -2.11. The van der Waals surface area contributed by atoms with Gasteiger partial charge in [-0.3, -0.25) is 14.4 Å².